The van der Waals surface area contributed by atoms with Crippen LogP contribution < -0.4 is 5.69 Å². The molecule has 0 aliphatic carbocycles. The van der Waals surface area contributed by atoms with Gasteiger partial charge in [-0.25, -0.2) is 4.79 Å². The molecular formula is C18H25N3O. The Morgan fingerprint density at radius 3 is 2.77 bits per heavy atom. The number of aromatic amines is 1. The van der Waals surface area contributed by atoms with E-state index >= 15 is 0 Å². The highest BCUT2D eigenvalue weighted by molar-refractivity contribution is 5.75. The fraction of sp³-hybridized carbons (Fsp3) is 0.500. The Bertz CT molecular complexity index is 677. The van der Waals surface area contributed by atoms with E-state index in [1.165, 1.54) is 19.4 Å². The molecule has 0 amide bonds. The number of hydrogen-bond donors (Lipinski definition) is 1. The van der Waals surface area contributed by atoms with E-state index in [2.05, 4.69) is 16.5 Å². The van der Waals surface area contributed by atoms with E-state index < -0.39 is 0 Å². The molecule has 1 aliphatic heterocycles. The van der Waals surface area contributed by atoms with Crippen molar-refractivity contribution >= 4 is 11.0 Å². The third kappa shape index (κ3) is 3.17. The lowest BCUT2D eigenvalue weighted by molar-refractivity contribution is 0.184. The number of para-hydroxylation sites is 2. The number of nitrogens with one attached hydrogen (secondary N) is 1. The number of rotatable bonds is 6. The van der Waals surface area contributed by atoms with Crippen LogP contribution in [0.4, 0.5) is 0 Å². The summed E-state index contributed by atoms with van der Waals surface area (Å²) in [5.74, 6) is 0. The summed E-state index contributed by atoms with van der Waals surface area (Å²) in [4.78, 5) is 17.7. The summed E-state index contributed by atoms with van der Waals surface area (Å²) < 4.78 is 1.96. The van der Waals surface area contributed by atoms with Crippen LogP contribution in [-0.2, 0) is 0 Å². The summed E-state index contributed by atoms with van der Waals surface area (Å²) in [6, 6.07) is 8.31. The van der Waals surface area contributed by atoms with Gasteiger partial charge in [-0.05, 0) is 50.8 Å². The van der Waals surface area contributed by atoms with Crippen LogP contribution in [0.25, 0.3) is 11.0 Å². The van der Waals surface area contributed by atoms with Crippen molar-refractivity contribution in [3.8, 4) is 0 Å². The minimum atomic E-state index is 0.0330. The van der Waals surface area contributed by atoms with Gasteiger partial charge in [0, 0.05) is 19.1 Å². The van der Waals surface area contributed by atoms with Crippen molar-refractivity contribution in [2.45, 2.75) is 38.1 Å². The Morgan fingerprint density at radius 2 is 2.00 bits per heavy atom. The number of piperidine rings is 1. The third-order valence-electron chi connectivity index (χ3n) is 4.68. The fourth-order valence-electron chi connectivity index (χ4n) is 3.46. The average Bonchev–Trinajstić information content (AvgIpc) is 2.88. The van der Waals surface area contributed by atoms with E-state index in [0.29, 0.717) is 6.04 Å². The topological polar surface area (TPSA) is 41.0 Å². The van der Waals surface area contributed by atoms with Crippen LogP contribution in [0.1, 0.15) is 38.1 Å². The van der Waals surface area contributed by atoms with Crippen molar-refractivity contribution in [2.75, 3.05) is 19.6 Å². The second-order valence-electron chi connectivity index (χ2n) is 6.17. The van der Waals surface area contributed by atoms with Gasteiger partial charge in [0.25, 0.3) is 0 Å². The molecule has 0 bridgehead atoms. The first-order valence-corrected chi connectivity index (χ1v) is 8.32. The Labute approximate surface area is 131 Å². The van der Waals surface area contributed by atoms with Crippen molar-refractivity contribution in [3.05, 3.63) is 47.4 Å². The lowest BCUT2D eigenvalue weighted by Crippen LogP contribution is -2.37. The van der Waals surface area contributed by atoms with E-state index in [4.69, 9.17) is 0 Å². The summed E-state index contributed by atoms with van der Waals surface area (Å²) in [6.45, 7) is 7.11. The van der Waals surface area contributed by atoms with E-state index in [-0.39, 0.29) is 5.69 Å². The van der Waals surface area contributed by atoms with Gasteiger partial charge in [-0.1, -0.05) is 18.2 Å². The molecule has 4 nitrogen and oxygen atoms in total. The summed E-state index contributed by atoms with van der Waals surface area (Å²) >= 11 is 0. The van der Waals surface area contributed by atoms with Gasteiger partial charge in [0.05, 0.1) is 11.0 Å². The monoisotopic (exact) mass is 299 g/mol. The SMILES string of the molecule is C=CCCCCN1CCC(n2c(=O)[nH]c3ccccc32)CC1. The van der Waals surface area contributed by atoms with Crippen LogP contribution in [0.3, 0.4) is 0 Å². The van der Waals surface area contributed by atoms with Crippen LogP contribution in [0, 0.1) is 0 Å². The number of aromatic nitrogens is 2. The van der Waals surface area contributed by atoms with Gasteiger partial charge < -0.3 is 9.88 Å². The zero-order chi connectivity index (χ0) is 15.4. The molecule has 3 rings (SSSR count). The predicted molar refractivity (Wildman–Crippen MR) is 91.3 cm³/mol. The first-order chi connectivity index (χ1) is 10.8. The first kappa shape index (κ1) is 15.1. The molecule has 1 aromatic heterocycles. The van der Waals surface area contributed by atoms with Gasteiger partial charge in [0.15, 0.2) is 0 Å². The zero-order valence-electron chi connectivity index (χ0n) is 13.1. The minimum Gasteiger partial charge on any atom is -0.306 e. The summed E-state index contributed by atoms with van der Waals surface area (Å²) in [5, 5.41) is 0. The smallest absolute Gasteiger partial charge is 0.306 e. The molecule has 22 heavy (non-hydrogen) atoms. The Kier molecular flexibility index (Phi) is 4.78. The van der Waals surface area contributed by atoms with Crippen LogP contribution >= 0.6 is 0 Å². The highest BCUT2D eigenvalue weighted by atomic mass is 16.1. The van der Waals surface area contributed by atoms with Crippen molar-refractivity contribution in [1.82, 2.24) is 14.5 Å². The number of fused-ring (bicyclic) bond motifs is 1. The number of H-pyrrole nitrogens is 1. The van der Waals surface area contributed by atoms with Crippen LogP contribution in [0.5, 0.6) is 0 Å². The number of imidazole rings is 1. The Morgan fingerprint density at radius 1 is 1.23 bits per heavy atom. The van der Waals surface area contributed by atoms with E-state index in [0.717, 1.165) is 43.4 Å². The molecule has 1 aromatic carbocycles. The second kappa shape index (κ2) is 6.97. The molecule has 4 heteroatoms. The van der Waals surface area contributed by atoms with E-state index in [1.54, 1.807) is 0 Å². The quantitative estimate of drug-likeness (QED) is 0.656. The van der Waals surface area contributed by atoms with E-state index in [9.17, 15) is 4.79 Å². The minimum absolute atomic E-state index is 0.0330. The lowest BCUT2D eigenvalue weighted by atomic mass is 10.0. The summed E-state index contributed by atoms with van der Waals surface area (Å²) in [5.41, 5.74) is 2.02. The molecular weight excluding hydrogens is 274 g/mol. The first-order valence-electron chi connectivity index (χ1n) is 8.32. The number of benzene rings is 1. The highest BCUT2D eigenvalue weighted by Crippen LogP contribution is 2.24. The van der Waals surface area contributed by atoms with Gasteiger partial charge in [0.1, 0.15) is 0 Å². The summed E-state index contributed by atoms with van der Waals surface area (Å²) in [6.07, 6.45) is 7.69. The largest absolute Gasteiger partial charge is 0.326 e. The molecule has 1 aliphatic rings. The molecule has 0 unspecified atom stereocenters. The van der Waals surface area contributed by atoms with Crippen LogP contribution in [-0.4, -0.2) is 34.1 Å². The molecule has 0 spiro atoms. The van der Waals surface area contributed by atoms with Gasteiger partial charge in [0.2, 0.25) is 0 Å². The molecule has 1 fully saturated rings. The molecule has 1 N–H and O–H groups in total. The second-order valence-corrected chi connectivity index (χ2v) is 6.17. The van der Waals surface area contributed by atoms with Gasteiger partial charge in [-0.3, -0.25) is 4.57 Å². The normalized spacial score (nSPS) is 17.1. The van der Waals surface area contributed by atoms with Crippen molar-refractivity contribution < 1.29 is 0 Å². The Hall–Kier alpha value is -1.81. The molecule has 0 atom stereocenters. The maximum atomic E-state index is 12.2. The number of allylic oxidation sites excluding steroid dienone is 1. The molecule has 0 saturated carbocycles. The number of likely N-dealkylation sites (tertiary alicyclic amines) is 1. The van der Waals surface area contributed by atoms with Crippen molar-refractivity contribution in [2.24, 2.45) is 0 Å². The predicted octanol–water partition coefficient (Wildman–Crippen LogP) is 3.32. The maximum Gasteiger partial charge on any atom is 0.326 e. The maximum absolute atomic E-state index is 12.2. The molecule has 2 aromatic rings. The lowest BCUT2D eigenvalue weighted by Gasteiger charge is -2.32. The standard InChI is InChI=1S/C18H25N3O/c1-2-3-4-7-12-20-13-10-15(11-14-20)21-17-9-6-5-8-16(17)19-18(21)22/h2,5-6,8-9,15H,1,3-4,7,10-14H2,(H,19,22). The molecule has 1 saturated heterocycles. The van der Waals surface area contributed by atoms with Gasteiger partial charge in [-0.15, -0.1) is 6.58 Å². The Balaban J connectivity index is 1.62. The molecule has 0 radical (unpaired) electrons. The van der Waals surface area contributed by atoms with Crippen LogP contribution in [0.2, 0.25) is 0 Å². The fourth-order valence-corrected chi connectivity index (χ4v) is 3.46. The zero-order valence-corrected chi connectivity index (χ0v) is 13.1. The molecule has 118 valence electrons. The van der Waals surface area contributed by atoms with Crippen LogP contribution in [0.15, 0.2) is 41.7 Å². The van der Waals surface area contributed by atoms with Crippen molar-refractivity contribution in [3.63, 3.8) is 0 Å². The van der Waals surface area contributed by atoms with Gasteiger partial charge in [-0.2, -0.15) is 0 Å². The van der Waals surface area contributed by atoms with E-state index in [1.807, 2.05) is 34.9 Å². The summed E-state index contributed by atoms with van der Waals surface area (Å²) in [7, 11) is 0. The molecule has 2 heterocycles. The third-order valence-corrected chi connectivity index (χ3v) is 4.68. The number of unbranched alkanes of at least 4 members (excludes halogenated alkanes) is 2. The highest BCUT2D eigenvalue weighted by Gasteiger charge is 2.23. The average molecular weight is 299 g/mol. The number of nitrogens with zero attached hydrogens (tertiary/aromatic N) is 2. The number of hydrogen-bond acceptors (Lipinski definition) is 2. The van der Waals surface area contributed by atoms with Gasteiger partial charge >= 0.3 is 5.69 Å². The van der Waals surface area contributed by atoms with Crippen molar-refractivity contribution in [1.29, 1.82) is 0 Å².